The number of piperidine rings is 1. The van der Waals surface area contributed by atoms with Gasteiger partial charge in [-0.15, -0.1) is 5.10 Å². The van der Waals surface area contributed by atoms with Gasteiger partial charge in [0.05, 0.1) is 11.7 Å². The third-order valence-corrected chi connectivity index (χ3v) is 5.39. The Labute approximate surface area is 135 Å². The minimum absolute atomic E-state index is 0.565. The van der Waals surface area contributed by atoms with Gasteiger partial charge in [-0.3, -0.25) is 0 Å². The highest BCUT2D eigenvalue weighted by Crippen LogP contribution is 2.28. The van der Waals surface area contributed by atoms with Gasteiger partial charge in [0.2, 0.25) is 0 Å². The van der Waals surface area contributed by atoms with Crippen molar-refractivity contribution in [2.45, 2.75) is 83.7 Å². The van der Waals surface area contributed by atoms with Gasteiger partial charge in [-0.25, -0.2) is 4.68 Å². The Morgan fingerprint density at radius 3 is 2.32 bits per heavy atom. The van der Waals surface area contributed by atoms with Crippen molar-refractivity contribution in [1.29, 1.82) is 0 Å². The van der Waals surface area contributed by atoms with Crippen LogP contribution in [0.25, 0.3) is 0 Å². The lowest BCUT2D eigenvalue weighted by Crippen LogP contribution is -2.41. The maximum absolute atomic E-state index is 4.39. The summed E-state index contributed by atoms with van der Waals surface area (Å²) in [6.07, 6.45) is 14.3. The van der Waals surface area contributed by atoms with E-state index in [1.807, 2.05) is 0 Å². The van der Waals surface area contributed by atoms with Crippen molar-refractivity contribution in [3.05, 3.63) is 11.9 Å². The van der Waals surface area contributed by atoms with Crippen LogP contribution in [-0.2, 0) is 6.42 Å². The largest absolute Gasteiger partial charge is 0.300 e. The molecule has 0 amide bonds. The van der Waals surface area contributed by atoms with Crippen LogP contribution in [0, 0.1) is 5.92 Å². The number of hydrogen-bond acceptors (Lipinski definition) is 3. The molecule has 1 aliphatic carbocycles. The summed E-state index contributed by atoms with van der Waals surface area (Å²) in [6.45, 7) is 6.97. The molecule has 2 fully saturated rings. The van der Waals surface area contributed by atoms with Crippen LogP contribution in [0.2, 0.25) is 0 Å². The molecular formula is C18H32N4. The standard InChI is InChI=1S/C18H32N4/c1-15(2)13-16-14-22(20-19-16)18-9-11-21(12-10-18)17-7-5-3-4-6-8-17/h14-15,17-18H,3-13H2,1-2H3. The molecule has 1 aliphatic heterocycles. The van der Waals surface area contributed by atoms with Gasteiger partial charge < -0.3 is 4.90 Å². The molecule has 2 heterocycles. The second-order valence-corrected chi connectivity index (χ2v) is 7.70. The first-order valence-corrected chi connectivity index (χ1v) is 9.37. The van der Waals surface area contributed by atoms with E-state index in [4.69, 9.17) is 0 Å². The fourth-order valence-corrected chi connectivity index (χ4v) is 4.14. The van der Waals surface area contributed by atoms with Crippen LogP contribution in [-0.4, -0.2) is 39.0 Å². The molecule has 22 heavy (non-hydrogen) atoms. The van der Waals surface area contributed by atoms with Gasteiger partial charge in [-0.05, 0) is 38.0 Å². The van der Waals surface area contributed by atoms with Crippen LogP contribution in [0.15, 0.2) is 6.20 Å². The van der Waals surface area contributed by atoms with Crippen molar-refractivity contribution in [3.63, 3.8) is 0 Å². The first kappa shape index (κ1) is 16.0. The maximum Gasteiger partial charge on any atom is 0.0829 e. The average molecular weight is 304 g/mol. The summed E-state index contributed by atoms with van der Waals surface area (Å²) in [6, 6.07) is 1.42. The van der Waals surface area contributed by atoms with Crippen LogP contribution in [0.5, 0.6) is 0 Å². The molecule has 4 heteroatoms. The zero-order valence-corrected chi connectivity index (χ0v) is 14.4. The molecule has 124 valence electrons. The second kappa shape index (κ2) is 7.58. The van der Waals surface area contributed by atoms with Crippen LogP contribution in [0.4, 0.5) is 0 Å². The van der Waals surface area contributed by atoms with E-state index in [9.17, 15) is 0 Å². The highest BCUT2D eigenvalue weighted by molar-refractivity contribution is 4.95. The zero-order chi connectivity index (χ0) is 15.4. The summed E-state index contributed by atoms with van der Waals surface area (Å²) in [5.41, 5.74) is 1.15. The first-order valence-electron chi connectivity index (χ1n) is 9.37. The Bertz CT molecular complexity index is 438. The molecule has 0 bridgehead atoms. The molecule has 0 atom stereocenters. The highest BCUT2D eigenvalue weighted by atomic mass is 15.4. The van der Waals surface area contributed by atoms with E-state index < -0.39 is 0 Å². The van der Waals surface area contributed by atoms with E-state index in [2.05, 4.69) is 39.9 Å². The lowest BCUT2D eigenvalue weighted by Gasteiger charge is -2.37. The van der Waals surface area contributed by atoms with Crippen molar-refractivity contribution in [2.24, 2.45) is 5.92 Å². The summed E-state index contributed by atoms with van der Waals surface area (Å²) in [5, 5.41) is 8.75. The molecule has 0 N–H and O–H groups in total. The van der Waals surface area contributed by atoms with Crippen LogP contribution >= 0.6 is 0 Å². The summed E-state index contributed by atoms with van der Waals surface area (Å²) in [4.78, 5) is 2.76. The fourth-order valence-electron chi connectivity index (χ4n) is 4.14. The number of hydrogen-bond donors (Lipinski definition) is 0. The van der Waals surface area contributed by atoms with E-state index in [0.29, 0.717) is 12.0 Å². The predicted octanol–water partition coefficient (Wildman–Crippen LogP) is 3.84. The summed E-state index contributed by atoms with van der Waals surface area (Å²) in [5.74, 6) is 0.655. The lowest BCUT2D eigenvalue weighted by molar-refractivity contribution is 0.119. The number of aromatic nitrogens is 3. The molecule has 0 radical (unpaired) electrons. The molecule has 1 aromatic heterocycles. The summed E-state index contributed by atoms with van der Waals surface area (Å²) >= 11 is 0. The molecule has 1 aromatic rings. The van der Waals surface area contributed by atoms with E-state index >= 15 is 0 Å². The van der Waals surface area contributed by atoms with E-state index in [1.165, 1.54) is 64.5 Å². The average Bonchev–Trinajstić information content (AvgIpc) is 2.80. The molecule has 1 saturated carbocycles. The predicted molar refractivity (Wildman–Crippen MR) is 89.9 cm³/mol. The zero-order valence-electron chi connectivity index (χ0n) is 14.4. The number of nitrogens with zero attached hydrogens (tertiary/aromatic N) is 4. The molecule has 3 rings (SSSR count). The van der Waals surface area contributed by atoms with Crippen molar-refractivity contribution >= 4 is 0 Å². The van der Waals surface area contributed by atoms with Gasteiger partial charge in [0.15, 0.2) is 0 Å². The molecule has 1 saturated heterocycles. The maximum atomic E-state index is 4.39. The number of rotatable bonds is 4. The Hall–Kier alpha value is -0.900. The van der Waals surface area contributed by atoms with E-state index in [1.54, 1.807) is 0 Å². The minimum atomic E-state index is 0.565. The van der Waals surface area contributed by atoms with Crippen molar-refractivity contribution in [2.75, 3.05) is 13.1 Å². The highest BCUT2D eigenvalue weighted by Gasteiger charge is 2.26. The second-order valence-electron chi connectivity index (χ2n) is 7.70. The smallest absolute Gasteiger partial charge is 0.0829 e. The topological polar surface area (TPSA) is 34.0 Å². The Morgan fingerprint density at radius 1 is 1.00 bits per heavy atom. The van der Waals surface area contributed by atoms with Gasteiger partial charge in [0.25, 0.3) is 0 Å². The molecule has 2 aliphatic rings. The summed E-state index contributed by atoms with van der Waals surface area (Å²) < 4.78 is 2.14. The van der Waals surface area contributed by atoms with Crippen LogP contribution in [0.1, 0.15) is 76.9 Å². The van der Waals surface area contributed by atoms with Gasteiger partial charge in [0.1, 0.15) is 0 Å². The fraction of sp³-hybridized carbons (Fsp3) is 0.889. The molecular weight excluding hydrogens is 272 g/mol. The molecule has 4 nitrogen and oxygen atoms in total. The third kappa shape index (κ3) is 4.09. The Balaban J connectivity index is 1.51. The molecule has 0 aromatic carbocycles. The summed E-state index contributed by atoms with van der Waals surface area (Å²) in [7, 11) is 0. The van der Waals surface area contributed by atoms with Crippen molar-refractivity contribution < 1.29 is 0 Å². The van der Waals surface area contributed by atoms with Gasteiger partial charge >= 0.3 is 0 Å². The molecule has 0 unspecified atom stereocenters. The quantitative estimate of drug-likeness (QED) is 0.793. The van der Waals surface area contributed by atoms with Crippen LogP contribution in [0.3, 0.4) is 0 Å². The van der Waals surface area contributed by atoms with Crippen LogP contribution < -0.4 is 0 Å². The minimum Gasteiger partial charge on any atom is -0.300 e. The van der Waals surface area contributed by atoms with Crippen molar-refractivity contribution in [3.8, 4) is 0 Å². The van der Waals surface area contributed by atoms with E-state index in [-0.39, 0.29) is 0 Å². The van der Waals surface area contributed by atoms with Gasteiger partial charge in [-0.1, -0.05) is 44.7 Å². The Morgan fingerprint density at radius 2 is 1.68 bits per heavy atom. The number of likely N-dealkylation sites (tertiary alicyclic amines) is 1. The van der Waals surface area contributed by atoms with Crippen molar-refractivity contribution in [1.82, 2.24) is 19.9 Å². The van der Waals surface area contributed by atoms with E-state index in [0.717, 1.165) is 18.2 Å². The molecule has 0 spiro atoms. The first-order chi connectivity index (χ1) is 10.7. The SMILES string of the molecule is CC(C)Cc1cn(C2CCN(C3CCCCCC3)CC2)nn1. The normalized spacial score (nSPS) is 23.0. The third-order valence-electron chi connectivity index (χ3n) is 5.39. The lowest BCUT2D eigenvalue weighted by atomic mass is 10.00. The monoisotopic (exact) mass is 304 g/mol. The Kier molecular flexibility index (Phi) is 5.51. The van der Waals surface area contributed by atoms with Gasteiger partial charge in [0, 0.05) is 25.3 Å². The van der Waals surface area contributed by atoms with Gasteiger partial charge in [-0.2, -0.15) is 0 Å².